The Morgan fingerprint density at radius 1 is 1.32 bits per heavy atom. The van der Waals surface area contributed by atoms with Gasteiger partial charge in [-0.05, 0) is 43.2 Å². The molecule has 0 fully saturated rings. The van der Waals surface area contributed by atoms with E-state index in [0.29, 0.717) is 27.3 Å². The average Bonchev–Trinajstić information content (AvgIpc) is 3.00. The number of aromatic nitrogens is 2. The second-order valence-electron chi connectivity index (χ2n) is 6.61. The van der Waals surface area contributed by atoms with Crippen molar-refractivity contribution in [3.05, 3.63) is 50.4 Å². The number of rotatable bonds is 8. The smallest absolute Gasteiger partial charge is 0.259 e. The van der Waals surface area contributed by atoms with E-state index in [1.165, 1.54) is 24.7 Å². The second-order valence-corrected chi connectivity index (χ2v) is 7.81. The molecule has 31 heavy (non-hydrogen) atoms. The maximum atomic E-state index is 12.3. The van der Waals surface area contributed by atoms with Crippen LogP contribution in [0, 0.1) is 13.8 Å². The Morgan fingerprint density at radius 3 is 2.81 bits per heavy atom. The Labute approximate surface area is 181 Å². The van der Waals surface area contributed by atoms with Crippen LogP contribution in [0.4, 0.5) is 0 Å². The molecule has 2 heterocycles. The Hall–Kier alpha value is -3.73. The van der Waals surface area contributed by atoms with Gasteiger partial charge in [0.05, 0.1) is 25.1 Å². The number of nitrogens with zero attached hydrogens (tertiary/aromatic N) is 2. The van der Waals surface area contributed by atoms with E-state index in [1.807, 2.05) is 13.8 Å². The van der Waals surface area contributed by atoms with E-state index < -0.39 is 11.8 Å². The minimum Gasteiger partial charge on any atom is -0.493 e. The maximum absolute atomic E-state index is 12.3. The number of benzene rings is 1. The predicted molar refractivity (Wildman–Crippen MR) is 117 cm³/mol. The number of aromatic amines is 1. The van der Waals surface area contributed by atoms with Crippen molar-refractivity contribution in [3.63, 3.8) is 0 Å². The van der Waals surface area contributed by atoms with Gasteiger partial charge in [0.25, 0.3) is 11.5 Å². The lowest BCUT2D eigenvalue weighted by Crippen LogP contribution is -2.23. The van der Waals surface area contributed by atoms with Gasteiger partial charge >= 0.3 is 0 Å². The largest absolute Gasteiger partial charge is 0.493 e. The molecule has 1 aromatic carbocycles. The first-order valence-electron chi connectivity index (χ1n) is 9.18. The minimum atomic E-state index is -0.602. The molecule has 0 unspecified atom stereocenters. The Kier molecular flexibility index (Phi) is 6.65. The highest BCUT2D eigenvalue weighted by atomic mass is 32.1. The first kappa shape index (κ1) is 22.0. The SMILES string of the molecule is COc1cc(/C=N/NC(=O)Cc2nc3sc(C)c(C)c3c(=O)[nH]2)ccc1OCC(N)=O. The van der Waals surface area contributed by atoms with Crippen LogP contribution >= 0.6 is 11.3 Å². The zero-order chi connectivity index (χ0) is 22.5. The molecule has 11 heteroatoms. The van der Waals surface area contributed by atoms with E-state index in [2.05, 4.69) is 20.5 Å². The van der Waals surface area contributed by atoms with Gasteiger partial charge < -0.3 is 20.2 Å². The molecule has 0 atom stereocenters. The molecule has 0 bridgehead atoms. The molecular formula is C20H21N5O5S. The molecule has 3 aromatic rings. The molecule has 162 valence electrons. The highest BCUT2D eigenvalue weighted by Crippen LogP contribution is 2.27. The summed E-state index contributed by atoms with van der Waals surface area (Å²) in [5.74, 6) is -0.0315. The molecule has 4 N–H and O–H groups in total. The monoisotopic (exact) mass is 443 g/mol. The highest BCUT2D eigenvalue weighted by molar-refractivity contribution is 7.18. The number of fused-ring (bicyclic) bond motifs is 1. The summed E-state index contributed by atoms with van der Waals surface area (Å²) in [6.45, 7) is 3.53. The van der Waals surface area contributed by atoms with E-state index in [9.17, 15) is 14.4 Å². The summed E-state index contributed by atoms with van der Waals surface area (Å²) in [4.78, 5) is 44.0. The molecule has 3 rings (SSSR count). The lowest BCUT2D eigenvalue weighted by atomic mass is 10.2. The quantitative estimate of drug-likeness (QED) is 0.351. The molecule has 2 amide bonds. The van der Waals surface area contributed by atoms with Crippen molar-refractivity contribution < 1.29 is 19.1 Å². The fraction of sp³-hybridized carbons (Fsp3) is 0.250. The maximum Gasteiger partial charge on any atom is 0.259 e. The molecule has 2 aromatic heterocycles. The number of primary amides is 1. The number of aryl methyl sites for hydroxylation is 2. The van der Waals surface area contributed by atoms with Gasteiger partial charge in [-0.1, -0.05) is 0 Å². The summed E-state index contributed by atoms with van der Waals surface area (Å²) in [5.41, 5.74) is 8.72. The summed E-state index contributed by atoms with van der Waals surface area (Å²) in [7, 11) is 1.45. The lowest BCUT2D eigenvalue weighted by molar-refractivity contribution is -0.121. The lowest BCUT2D eigenvalue weighted by Gasteiger charge is -2.09. The summed E-state index contributed by atoms with van der Waals surface area (Å²) < 4.78 is 10.5. The van der Waals surface area contributed by atoms with Crippen molar-refractivity contribution in [2.45, 2.75) is 20.3 Å². The fourth-order valence-electron chi connectivity index (χ4n) is 2.79. The number of ether oxygens (including phenoxy) is 2. The van der Waals surface area contributed by atoms with Crippen molar-refractivity contribution in [3.8, 4) is 11.5 Å². The van der Waals surface area contributed by atoms with Gasteiger partial charge in [0.2, 0.25) is 5.91 Å². The molecule has 0 aliphatic carbocycles. The zero-order valence-corrected chi connectivity index (χ0v) is 18.0. The molecular weight excluding hydrogens is 422 g/mol. The third-order valence-corrected chi connectivity index (χ3v) is 5.48. The van der Waals surface area contributed by atoms with Gasteiger partial charge in [0.15, 0.2) is 18.1 Å². The van der Waals surface area contributed by atoms with Crippen molar-refractivity contribution in [1.29, 1.82) is 0 Å². The number of thiophene rings is 1. The van der Waals surface area contributed by atoms with E-state index in [0.717, 1.165) is 10.4 Å². The average molecular weight is 443 g/mol. The highest BCUT2D eigenvalue weighted by Gasteiger charge is 2.13. The number of hydrogen-bond acceptors (Lipinski definition) is 8. The van der Waals surface area contributed by atoms with Crippen LogP contribution in [0.2, 0.25) is 0 Å². The van der Waals surface area contributed by atoms with Crippen LogP contribution in [0.1, 0.15) is 21.8 Å². The van der Waals surface area contributed by atoms with Crippen LogP contribution < -0.4 is 26.2 Å². The van der Waals surface area contributed by atoms with Gasteiger partial charge in [-0.3, -0.25) is 14.4 Å². The molecule has 0 saturated heterocycles. The van der Waals surface area contributed by atoms with Crippen LogP contribution in [0.5, 0.6) is 11.5 Å². The third kappa shape index (κ3) is 5.25. The normalized spacial score (nSPS) is 11.1. The van der Waals surface area contributed by atoms with Crippen molar-refractivity contribution >= 4 is 39.6 Å². The number of carbonyl (C=O) groups excluding carboxylic acids is 2. The van der Waals surface area contributed by atoms with Gasteiger partial charge in [0.1, 0.15) is 10.7 Å². The number of carbonyl (C=O) groups is 2. The number of nitrogens with two attached hydrogens (primary N) is 1. The van der Waals surface area contributed by atoms with E-state index in [4.69, 9.17) is 15.2 Å². The molecule has 10 nitrogen and oxygen atoms in total. The van der Waals surface area contributed by atoms with Crippen molar-refractivity contribution in [2.24, 2.45) is 10.8 Å². The molecule has 0 aliphatic rings. The van der Waals surface area contributed by atoms with Crippen LogP contribution in [-0.2, 0) is 16.0 Å². The molecule has 0 radical (unpaired) electrons. The van der Waals surface area contributed by atoms with Crippen LogP contribution in [0.3, 0.4) is 0 Å². The van der Waals surface area contributed by atoms with Crippen LogP contribution in [0.15, 0.2) is 28.1 Å². The Balaban J connectivity index is 1.65. The predicted octanol–water partition coefficient (Wildman–Crippen LogP) is 1.17. The van der Waals surface area contributed by atoms with Crippen LogP contribution in [-0.4, -0.2) is 41.7 Å². The van der Waals surface area contributed by atoms with Gasteiger partial charge in [0, 0.05) is 4.88 Å². The van der Waals surface area contributed by atoms with Gasteiger partial charge in [-0.2, -0.15) is 5.10 Å². The van der Waals surface area contributed by atoms with E-state index in [1.54, 1.807) is 18.2 Å². The van der Waals surface area contributed by atoms with Crippen molar-refractivity contribution in [2.75, 3.05) is 13.7 Å². The van der Waals surface area contributed by atoms with Gasteiger partial charge in [-0.25, -0.2) is 10.4 Å². The second kappa shape index (κ2) is 9.39. The first-order valence-corrected chi connectivity index (χ1v) is 10.00. The number of hydrogen-bond donors (Lipinski definition) is 3. The number of hydrazone groups is 1. The van der Waals surface area contributed by atoms with E-state index in [-0.39, 0.29) is 24.4 Å². The third-order valence-electron chi connectivity index (χ3n) is 4.38. The zero-order valence-electron chi connectivity index (χ0n) is 17.1. The Morgan fingerprint density at radius 2 is 2.10 bits per heavy atom. The first-order chi connectivity index (χ1) is 14.8. The number of H-pyrrole nitrogens is 1. The molecule has 0 saturated carbocycles. The Bertz CT molecular complexity index is 1230. The topological polar surface area (TPSA) is 149 Å². The molecule has 0 aliphatic heterocycles. The fourth-order valence-corrected chi connectivity index (χ4v) is 3.83. The number of methoxy groups -OCH3 is 1. The summed E-state index contributed by atoms with van der Waals surface area (Å²) >= 11 is 1.42. The number of nitrogens with one attached hydrogen (secondary N) is 2. The standard InChI is InChI=1S/C20H21N5O5S/c1-10-11(2)31-20-18(10)19(28)23-16(24-20)7-17(27)25-22-8-12-4-5-13(14(6-12)29-3)30-9-15(21)26/h4-6,8H,7,9H2,1-3H3,(H2,21,26)(H,25,27)(H,23,24,28)/b22-8+. The summed E-state index contributed by atoms with van der Waals surface area (Å²) in [5, 5.41) is 4.47. The van der Waals surface area contributed by atoms with E-state index >= 15 is 0 Å². The summed E-state index contributed by atoms with van der Waals surface area (Å²) in [6.07, 6.45) is 1.30. The number of amides is 2. The summed E-state index contributed by atoms with van der Waals surface area (Å²) in [6, 6.07) is 4.89. The minimum absolute atomic E-state index is 0.123. The van der Waals surface area contributed by atoms with Gasteiger partial charge in [-0.15, -0.1) is 11.3 Å². The van der Waals surface area contributed by atoms with Crippen molar-refractivity contribution in [1.82, 2.24) is 15.4 Å². The van der Waals surface area contributed by atoms with Crippen LogP contribution in [0.25, 0.3) is 10.2 Å². The molecule has 0 spiro atoms.